The lowest BCUT2D eigenvalue weighted by Gasteiger charge is -2.20. The van der Waals surface area contributed by atoms with E-state index in [4.69, 9.17) is 4.98 Å². The number of H-pyrrole nitrogens is 1. The average molecular weight is 441 g/mol. The molecule has 4 aromatic rings. The van der Waals surface area contributed by atoms with Crippen molar-refractivity contribution >= 4 is 39.1 Å². The number of benzene rings is 3. The molecule has 1 aromatic heterocycles. The average Bonchev–Trinajstić information content (AvgIpc) is 3.29. The van der Waals surface area contributed by atoms with Gasteiger partial charge in [-0.1, -0.05) is 44.0 Å². The Balaban J connectivity index is 1.63. The number of fused-ring (bicyclic) bond motifs is 3. The fourth-order valence-corrected chi connectivity index (χ4v) is 5.08. The number of rotatable bonds is 6. The number of unbranched alkanes of at least 4 members (excludes halogenated alkanes) is 2. The maximum Gasteiger partial charge on any atom is 0.237 e. The maximum atomic E-state index is 13.2. The van der Waals surface area contributed by atoms with Crippen LogP contribution in [0.1, 0.15) is 45.6 Å². The van der Waals surface area contributed by atoms with Gasteiger partial charge < -0.3 is 14.8 Å². The molecular weight excluding hydrogens is 408 g/mol. The summed E-state index contributed by atoms with van der Waals surface area (Å²) in [5, 5.41) is 2.38. The lowest BCUT2D eigenvalue weighted by atomic mass is 9.86. The summed E-state index contributed by atoms with van der Waals surface area (Å²) in [6.45, 7) is 7.02. The molecule has 0 radical (unpaired) electrons. The van der Waals surface area contributed by atoms with Crippen molar-refractivity contribution in [3.63, 3.8) is 0 Å². The van der Waals surface area contributed by atoms with Gasteiger partial charge in [-0.2, -0.15) is 0 Å². The van der Waals surface area contributed by atoms with Crippen molar-refractivity contribution in [1.29, 1.82) is 0 Å². The first-order valence-corrected chi connectivity index (χ1v) is 11.9. The topological polar surface area (TPSA) is 52.2 Å². The Morgan fingerprint density at radius 2 is 1.79 bits per heavy atom. The first kappa shape index (κ1) is 21.5. The Bertz CT molecular complexity index is 1370. The molecule has 0 bridgehead atoms. The summed E-state index contributed by atoms with van der Waals surface area (Å²) >= 11 is 0. The van der Waals surface area contributed by atoms with E-state index in [1.54, 1.807) is 0 Å². The Morgan fingerprint density at radius 1 is 1.03 bits per heavy atom. The molecule has 0 saturated carbocycles. The normalized spacial score (nSPS) is 14.9. The smallest absolute Gasteiger partial charge is 0.237 e. The van der Waals surface area contributed by atoms with Gasteiger partial charge in [0.15, 0.2) is 0 Å². The lowest BCUT2D eigenvalue weighted by molar-refractivity contribution is -0.122. The van der Waals surface area contributed by atoms with Crippen LogP contribution >= 0.6 is 0 Å². The van der Waals surface area contributed by atoms with Crippen LogP contribution in [0, 0.1) is 0 Å². The van der Waals surface area contributed by atoms with Crippen LogP contribution in [-0.4, -0.2) is 36.5 Å². The van der Waals surface area contributed by atoms with Gasteiger partial charge in [0.2, 0.25) is 5.91 Å². The van der Waals surface area contributed by atoms with Gasteiger partial charge in [-0.25, -0.2) is 4.98 Å². The first-order valence-electron chi connectivity index (χ1n) is 11.9. The van der Waals surface area contributed by atoms with Crippen LogP contribution in [0.2, 0.25) is 0 Å². The van der Waals surface area contributed by atoms with E-state index in [0.717, 1.165) is 59.5 Å². The van der Waals surface area contributed by atoms with E-state index in [2.05, 4.69) is 79.4 Å². The van der Waals surface area contributed by atoms with Crippen molar-refractivity contribution in [2.45, 2.75) is 45.4 Å². The number of nitrogens with zero attached hydrogens (tertiary/aromatic N) is 3. The quantitative estimate of drug-likeness (QED) is 0.360. The Kier molecular flexibility index (Phi) is 5.15. The van der Waals surface area contributed by atoms with Crippen LogP contribution in [0.4, 0.5) is 11.4 Å². The van der Waals surface area contributed by atoms with E-state index in [9.17, 15) is 4.79 Å². The highest BCUT2D eigenvalue weighted by molar-refractivity contribution is 6.10. The third-order valence-corrected chi connectivity index (χ3v) is 6.97. The van der Waals surface area contributed by atoms with Crippen molar-refractivity contribution in [3.8, 4) is 11.4 Å². The SMILES string of the molecule is CCCCCN1C(=O)C(C)(C)c2cc3[nH]c(-c4ccc(N(C)C)c5ccccc45)nc3cc21. The summed E-state index contributed by atoms with van der Waals surface area (Å²) in [7, 11) is 4.14. The Morgan fingerprint density at radius 3 is 2.52 bits per heavy atom. The molecule has 3 aromatic carbocycles. The second-order valence-electron chi connectivity index (χ2n) is 9.83. The van der Waals surface area contributed by atoms with Crippen LogP contribution in [0.25, 0.3) is 33.2 Å². The number of carbonyl (C=O) groups excluding carboxylic acids is 1. The zero-order chi connectivity index (χ0) is 23.3. The van der Waals surface area contributed by atoms with Gasteiger partial charge in [0.1, 0.15) is 5.82 Å². The minimum atomic E-state index is -0.527. The standard InChI is InChI=1S/C28H32N4O/c1-6-7-10-15-32-25-17-23-22(16-21(25)28(2,3)27(32)33)29-26(30-23)20-13-14-24(31(4)5)19-12-9-8-11-18(19)20/h8-9,11-14,16-17H,6-7,10,15H2,1-5H3,(H,29,30). The summed E-state index contributed by atoms with van der Waals surface area (Å²) in [6, 6.07) is 17.0. The van der Waals surface area contributed by atoms with Gasteiger partial charge in [0.25, 0.3) is 0 Å². The molecule has 5 heteroatoms. The van der Waals surface area contributed by atoms with Gasteiger partial charge in [0.05, 0.1) is 22.1 Å². The number of nitrogens with one attached hydrogen (secondary N) is 1. The van der Waals surface area contributed by atoms with Gasteiger partial charge in [-0.15, -0.1) is 0 Å². The molecule has 5 rings (SSSR count). The van der Waals surface area contributed by atoms with E-state index in [1.807, 2.05) is 18.7 Å². The molecule has 0 unspecified atom stereocenters. The van der Waals surface area contributed by atoms with Gasteiger partial charge in [-0.05, 0) is 55.5 Å². The largest absolute Gasteiger partial charge is 0.377 e. The molecule has 0 spiro atoms. The van der Waals surface area contributed by atoms with E-state index in [1.165, 1.54) is 16.5 Å². The molecule has 33 heavy (non-hydrogen) atoms. The number of aromatic amines is 1. The first-order chi connectivity index (χ1) is 15.8. The third kappa shape index (κ3) is 3.38. The Labute approximate surface area is 195 Å². The molecule has 0 saturated heterocycles. The van der Waals surface area contributed by atoms with Crippen LogP contribution in [0.3, 0.4) is 0 Å². The number of hydrogen-bond donors (Lipinski definition) is 1. The minimum Gasteiger partial charge on any atom is -0.377 e. The monoisotopic (exact) mass is 440 g/mol. The lowest BCUT2D eigenvalue weighted by Crippen LogP contribution is -2.36. The molecule has 1 aliphatic rings. The van der Waals surface area contributed by atoms with Crippen molar-refractivity contribution in [2.75, 3.05) is 30.4 Å². The van der Waals surface area contributed by atoms with Crippen LogP contribution in [-0.2, 0) is 10.2 Å². The minimum absolute atomic E-state index is 0.187. The van der Waals surface area contributed by atoms with Crippen LogP contribution in [0.5, 0.6) is 0 Å². The molecule has 5 nitrogen and oxygen atoms in total. The van der Waals surface area contributed by atoms with Gasteiger partial charge in [-0.3, -0.25) is 4.79 Å². The summed E-state index contributed by atoms with van der Waals surface area (Å²) in [4.78, 5) is 25.8. The zero-order valence-electron chi connectivity index (χ0n) is 20.2. The highest BCUT2D eigenvalue weighted by Crippen LogP contribution is 2.44. The molecule has 0 fully saturated rings. The van der Waals surface area contributed by atoms with E-state index in [-0.39, 0.29) is 5.91 Å². The molecule has 0 aliphatic carbocycles. The number of carbonyl (C=O) groups is 1. The summed E-state index contributed by atoms with van der Waals surface area (Å²) in [5.41, 5.74) is 5.71. The number of amides is 1. The maximum absolute atomic E-state index is 13.2. The number of anilines is 2. The van der Waals surface area contributed by atoms with Crippen LogP contribution in [0.15, 0.2) is 48.5 Å². The summed E-state index contributed by atoms with van der Waals surface area (Å²) < 4.78 is 0. The predicted octanol–water partition coefficient (Wildman–Crippen LogP) is 6.26. The zero-order valence-corrected chi connectivity index (χ0v) is 20.2. The van der Waals surface area contributed by atoms with Crippen LogP contribution < -0.4 is 9.80 Å². The molecular formula is C28H32N4O. The number of hydrogen-bond acceptors (Lipinski definition) is 3. The van der Waals surface area contributed by atoms with E-state index < -0.39 is 5.41 Å². The second-order valence-corrected chi connectivity index (χ2v) is 9.83. The number of imidazole rings is 1. The van der Waals surface area contributed by atoms with Gasteiger partial charge in [0, 0.05) is 37.3 Å². The third-order valence-electron chi connectivity index (χ3n) is 6.97. The summed E-state index contributed by atoms with van der Waals surface area (Å²) in [6.07, 6.45) is 3.29. The van der Waals surface area contributed by atoms with Crippen molar-refractivity contribution in [3.05, 3.63) is 54.1 Å². The van der Waals surface area contributed by atoms with Crippen molar-refractivity contribution < 1.29 is 4.79 Å². The molecule has 2 heterocycles. The second kappa shape index (κ2) is 7.91. The molecule has 1 N–H and O–H groups in total. The molecule has 1 aliphatic heterocycles. The van der Waals surface area contributed by atoms with Crippen molar-refractivity contribution in [1.82, 2.24) is 9.97 Å². The van der Waals surface area contributed by atoms with Gasteiger partial charge >= 0.3 is 0 Å². The highest BCUT2D eigenvalue weighted by Gasteiger charge is 2.44. The predicted molar refractivity (Wildman–Crippen MR) is 138 cm³/mol. The van der Waals surface area contributed by atoms with E-state index >= 15 is 0 Å². The molecule has 1 amide bonds. The highest BCUT2D eigenvalue weighted by atomic mass is 16.2. The Hall–Kier alpha value is -3.34. The summed E-state index contributed by atoms with van der Waals surface area (Å²) in [5.74, 6) is 1.04. The molecule has 0 atom stereocenters. The fraction of sp³-hybridized carbons (Fsp3) is 0.357. The fourth-order valence-electron chi connectivity index (χ4n) is 5.08. The molecule has 170 valence electrons. The van der Waals surface area contributed by atoms with Crippen molar-refractivity contribution in [2.24, 2.45) is 0 Å². The van der Waals surface area contributed by atoms with E-state index in [0.29, 0.717) is 0 Å². The number of aromatic nitrogens is 2.